The van der Waals surface area contributed by atoms with Gasteiger partial charge in [0.15, 0.2) is 0 Å². The number of aromatic nitrogens is 3. The van der Waals surface area contributed by atoms with E-state index < -0.39 is 6.04 Å². The summed E-state index contributed by atoms with van der Waals surface area (Å²) in [6, 6.07) is 24.5. The molecule has 0 bridgehead atoms. The molecule has 0 saturated heterocycles. The van der Waals surface area contributed by atoms with Crippen molar-refractivity contribution in [2.75, 3.05) is 21.3 Å². The Bertz CT molecular complexity index is 1200. The first kappa shape index (κ1) is 22.7. The predicted molar refractivity (Wildman–Crippen MR) is 137 cm³/mol. The van der Waals surface area contributed by atoms with Crippen molar-refractivity contribution in [2.45, 2.75) is 26.8 Å². The minimum atomic E-state index is -0.586. The molecule has 4 N–H and O–H groups in total. The topological polar surface area (TPSA) is 104 Å². The third-order valence-electron chi connectivity index (χ3n) is 5.07. The summed E-state index contributed by atoms with van der Waals surface area (Å²) in [5, 5.41) is 12.4. The quantitative estimate of drug-likeness (QED) is 0.283. The number of carbonyl (C=O) groups excluding carboxylic acids is 1. The monoisotopic (exact) mass is 453 g/mol. The van der Waals surface area contributed by atoms with Crippen LogP contribution < -0.4 is 21.3 Å². The van der Waals surface area contributed by atoms with E-state index in [-0.39, 0.29) is 11.9 Å². The van der Waals surface area contributed by atoms with Crippen LogP contribution >= 0.6 is 0 Å². The molecule has 172 valence electrons. The Labute approximate surface area is 198 Å². The van der Waals surface area contributed by atoms with Crippen LogP contribution in [0.15, 0.2) is 78.9 Å². The summed E-state index contributed by atoms with van der Waals surface area (Å²) in [5.41, 5.74) is 4.60. The zero-order valence-corrected chi connectivity index (χ0v) is 19.3. The number of nitrogens with one attached hydrogen (secondary N) is 4. The van der Waals surface area contributed by atoms with E-state index in [1.54, 1.807) is 6.92 Å². The molecule has 0 aliphatic heterocycles. The number of nitrogens with zero attached hydrogens (tertiary/aromatic N) is 3. The number of carbonyl (C=O) groups is 1. The fourth-order valence-electron chi connectivity index (χ4n) is 3.31. The van der Waals surface area contributed by atoms with E-state index in [0.29, 0.717) is 11.9 Å². The molecule has 8 nitrogen and oxygen atoms in total. The first-order chi connectivity index (χ1) is 16.5. The van der Waals surface area contributed by atoms with Crippen molar-refractivity contribution in [3.63, 3.8) is 0 Å². The van der Waals surface area contributed by atoms with Crippen LogP contribution in [-0.2, 0) is 4.79 Å². The van der Waals surface area contributed by atoms with Crippen LogP contribution in [0.3, 0.4) is 0 Å². The van der Waals surface area contributed by atoms with Crippen molar-refractivity contribution < 1.29 is 4.79 Å². The standard InChI is InChI=1S/C26H27N7O/c1-17-14-15-22(18(2)16-17)30-23(34)19(3)27-24-31-25(28-20-10-6-4-7-11-20)33-26(32-24)29-21-12-8-5-9-13-21/h4-16,19H,1-3H3,(H,30,34)(H3,27,28,29,31,32,33). The zero-order chi connectivity index (χ0) is 23.9. The van der Waals surface area contributed by atoms with Crippen LogP contribution in [0.4, 0.5) is 34.9 Å². The highest BCUT2D eigenvalue weighted by atomic mass is 16.2. The van der Waals surface area contributed by atoms with Crippen LogP contribution in [0.5, 0.6) is 0 Å². The van der Waals surface area contributed by atoms with Crippen molar-refractivity contribution in [1.82, 2.24) is 15.0 Å². The number of aryl methyl sites for hydroxylation is 2. The Morgan fingerprint density at radius 3 is 1.79 bits per heavy atom. The van der Waals surface area contributed by atoms with E-state index in [2.05, 4.69) is 36.2 Å². The minimum Gasteiger partial charge on any atom is -0.342 e. The number of benzene rings is 3. The lowest BCUT2D eigenvalue weighted by atomic mass is 10.1. The van der Waals surface area contributed by atoms with Gasteiger partial charge in [0.2, 0.25) is 23.8 Å². The van der Waals surface area contributed by atoms with Gasteiger partial charge in [-0.25, -0.2) is 0 Å². The van der Waals surface area contributed by atoms with Crippen LogP contribution in [0, 0.1) is 13.8 Å². The van der Waals surface area contributed by atoms with E-state index in [4.69, 9.17) is 0 Å². The molecule has 0 spiro atoms. The van der Waals surface area contributed by atoms with Gasteiger partial charge in [0, 0.05) is 17.1 Å². The van der Waals surface area contributed by atoms with Gasteiger partial charge in [-0.2, -0.15) is 15.0 Å². The van der Waals surface area contributed by atoms with Gasteiger partial charge in [-0.1, -0.05) is 54.1 Å². The smallest absolute Gasteiger partial charge is 0.246 e. The molecule has 1 aromatic heterocycles. The Hall–Kier alpha value is -4.46. The molecule has 4 aromatic rings. The van der Waals surface area contributed by atoms with Crippen molar-refractivity contribution in [2.24, 2.45) is 0 Å². The molecular formula is C26H27N7O. The highest BCUT2D eigenvalue weighted by molar-refractivity contribution is 5.96. The Morgan fingerprint density at radius 1 is 0.735 bits per heavy atom. The third kappa shape index (κ3) is 6.07. The molecular weight excluding hydrogens is 426 g/mol. The largest absolute Gasteiger partial charge is 0.342 e. The lowest BCUT2D eigenvalue weighted by Crippen LogP contribution is -2.33. The molecule has 0 saturated carbocycles. The molecule has 3 aromatic carbocycles. The summed E-state index contributed by atoms with van der Waals surface area (Å²) < 4.78 is 0. The van der Waals surface area contributed by atoms with Gasteiger partial charge in [0.1, 0.15) is 6.04 Å². The second-order valence-corrected chi connectivity index (χ2v) is 7.96. The normalized spacial score (nSPS) is 11.4. The molecule has 0 aliphatic rings. The van der Waals surface area contributed by atoms with Crippen LogP contribution in [-0.4, -0.2) is 26.9 Å². The lowest BCUT2D eigenvalue weighted by Gasteiger charge is -2.17. The van der Waals surface area contributed by atoms with Gasteiger partial charge in [0.05, 0.1) is 0 Å². The van der Waals surface area contributed by atoms with Gasteiger partial charge in [0.25, 0.3) is 0 Å². The highest BCUT2D eigenvalue weighted by Gasteiger charge is 2.17. The van der Waals surface area contributed by atoms with Crippen molar-refractivity contribution in [3.8, 4) is 0 Å². The van der Waals surface area contributed by atoms with E-state index >= 15 is 0 Å². The maximum Gasteiger partial charge on any atom is 0.246 e. The van der Waals surface area contributed by atoms with Crippen molar-refractivity contribution >= 4 is 40.8 Å². The van der Waals surface area contributed by atoms with Crippen LogP contribution in [0.25, 0.3) is 0 Å². The van der Waals surface area contributed by atoms with E-state index in [9.17, 15) is 4.79 Å². The second-order valence-electron chi connectivity index (χ2n) is 7.96. The van der Waals surface area contributed by atoms with Crippen molar-refractivity contribution in [1.29, 1.82) is 0 Å². The third-order valence-corrected chi connectivity index (χ3v) is 5.07. The molecule has 0 fully saturated rings. The number of hydrogen-bond acceptors (Lipinski definition) is 7. The van der Waals surface area contributed by atoms with Crippen LogP contribution in [0.2, 0.25) is 0 Å². The minimum absolute atomic E-state index is 0.192. The maximum atomic E-state index is 12.8. The number of amides is 1. The molecule has 0 radical (unpaired) electrons. The average Bonchev–Trinajstić information content (AvgIpc) is 2.82. The molecule has 34 heavy (non-hydrogen) atoms. The number of anilines is 6. The number of para-hydroxylation sites is 2. The summed E-state index contributed by atoms with van der Waals surface area (Å²) in [6.07, 6.45) is 0. The molecule has 1 atom stereocenters. The van der Waals surface area contributed by atoms with Gasteiger partial charge >= 0.3 is 0 Å². The maximum absolute atomic E-state index is 12.8. The summed E-state index contributed by atoms with van der Waals surface area (Å²) in [6.45, 7) is 5.75. The van der Waals surface area contributed by atoms with E-state index in [0.717, 1.165) is 28.2 Å². The Morgan fingerprint density at radius 2 is 1.26 bits per heavy atom. The van der Waals surface area contributed by atoms with Gasteiger partial charge < -0.3 is 21.3 Å². The van der Waals surface area contributed by atoms with Gasteiger partial charge in [-0.05, 0) is 56.7 Å². The predicted octanol–water partition coefficient (Wildman–Crippen LogP) is 5.41. The molecule has 1 heterocycles. The summed E-state index contributed by atoms with van der Waals surface area (Å²) >= 11 is 0. The molecule has 1 unspecified atom stereocenters. The van der Waals surface area contributed by atoms with Gasteiger partial charge in [-0.3, -0.25) is 4.79 Å². The van der Waals surface area contributed by atoms with Crippen LogP contribution in [0.1, 0.15) is 18.1 Å². The molecule has 1 amide bonds. The number of hydrogen-bond donors (Lipinski definition) is 4. The summed E-state index contributed by atoms with van der Waals surface area (Å²) in [5.74, 6) is 0.783. The fourth-order valence-corrected chi connectivity index (χ4v) is 3.31. The summed E-state index contributed by atoms with van der Waals surface area (Å²) in [4.78, 5) is 26.2. The second kappa shape index (κ2) is 10.4. The highest BCUT2D eigenvalue weighted by Crippen LogP contribution is 2.20. The Balaban J connectivity index is 1.54. The molecule has 4 rings (SSSR count). The first-order valence-corrected chi connectivity index (χ1v) is 11.0. The SMILES string of the molecule is Cc1ccc(NC(=O)C(C)Nc2nc(Nc3ccccc3)nc(Nc3ccccc3)n2)c(C)c1. The average molecular weight is 454 g/mol. The van der Waals surface area contributed by atoms with Crippen molar-refractivity contribution in [3.05, 3.63) is 90.0 Å². The van der Waals surface area contributed by atoms with Gasteiger partial charge in [-0.15, -0.1) is 0 Å². The summed E-state index contributed by atoms with van der Waals surface area (Å²) in [7, 11) is 0. The van der Waals surface area contributed by atoms with E-state index in [1.807, 2.05) is 92.7 Å². The fraction of sp³-hybridized carbons (Fsp3) is 0.154. The van der Waals surface area contributed by atoms with E-state index in [1.165, 1.54) is 0 Å². The zero-order valence-electron chi connectivity index (χ0n) is 19.3. The Kier molecular flexibility index (Phi) is 6.98. The molecule has 0 aliphatic carbocycles. The lowest BCUT2D eigenvalue weighted by molar-refractivity contribution is -0.116. The molecule has 8 heteroatoms. The first-order valence-electron chi connectivity index (χ1n) is 11.0. The number of rotatable bonds is 8.